The van der Waals surface area contributed by atoms with Crippen molar-refractivity contribution in [3.05, 3.63) is 397 Å². The Morgan fingerprint density at radius 1 is 0.172 bits per heavy atom. The Kier molecular flexibility index (Phi) is 16.2. The maximum atomic E-state index is 2.49. The molecule has 0 N–H and O–H groups in total. The third-order valence-corrected chi connectivity index (χ3v) is 26.1. The van der Waals surface area contributed by atoms with E-state index < -0.39 is 0 Å². The molecule has 23 rings (SSSR count). The topological polar surface area (TPSA) is 36.1 Å². The lowest BCUT2D eigenvalue weighted by Gasteiger charge is -2.33. The van der Waals surface area contributed by atoms with E-state index in [0.717, 1.165) is 78.9 Å². The molecule has 23 aromatic rings. The van der Waals surface area contributed by atoms with Crippen molar-refractivity contribution in [1.29, 1.82) is 0 Å². The van der Waals surface area contributed by atoms with Crippen molar-refractivity contribution in [3.8, 4) is 34.1 Å². The summed E-state index contributed by atoms with van der Waals surface area (Å²) in [5, 5.41) is 14.6. The van der Waals surface area contributed by atoms with Gasteiger partial charge in [-0.2, -0.15) is 0 Å². The highest BCUT2D eigenvalue weighted by molar-refractivity contribution is 6.17. The van der Waals surface area contributed by atoms with Crippen LogP contribution in [0.3, 0.4) is 0 Å². The zero-order valence-corrected chi connectivity index (χ0v) is 70.2. The summed E-state index contributed by atoms with van der Waals surface area (Å²) in [4.78, 5) is 4.98. The van der Waals surface area contributed by atoms with Crippen molar-refractivity contribution in [3.63, 3.8) is 0 Å². The van der Waals surface area contributed by atoms with Crippen LogP contribution >= 0.6 is 0 Å². The zero-order chi connectivity index (χ0) is 82.3. The predicted molar refractivity (Wildman–Crippen MR) is 518 cm³/mol. The highest BCUT2D eigenvalue weighted by atomic mass is 15.2. The van der Waals surface area contributed by atoms with Gasteiger partial charge in [-0.15, -0.1) is 0 Å². The van der Waals surface area contributed by atoms with E-state index in [9.17, 15) is 0 Å². The van der Waals surface area contributed by atoms with Crippen LogP contribution < -0.4 is 9.80 Å². The van der Waals surface area contributed by atoms with Crippen molar-refractivity contribution in [1.82, 2.24) is 27.4 Å². The minimum atomic E-state index is -0.0517. The molecule has 122 heavy (non-hydrogen) atoms. The molecule has 0 saturated carbocycles. The summed E-state index contributed by atoms with van der Waals surface area (Å²) in [6.07, 6.45) is 0. The van der Waals surface area contributed by atoms with Crippen molar-refractivity contribution in [2.75, 3.05) is 9.80 Å². The molecule has 586 valence electrons. The fourth-order valence-electron chi connectivity index (χ4n) is 20.5. The molecule has 0 aliphatic carbocycles. The Hall–Kier alpha value is -14.9. The van der Waals surface area contributed by atoms with Crippen LogP contribution in [-0.4, -0.2) is 27.4 Å². The van der Waals surface area contributed by atoms with Gasteiger partial charge in [-0.1, -0.05) is 211 Å². The minimum Gasteiger partial charge on any atom is -0.310 e. The van der Waals surface area contributed by atoms with Gasteiger partial charge in [0.25, 0.3) is 0 Å². The summed E-state index contributed by atoms with van der Waals surface area (Å²) in [5.74, 6) is 0. The van der Waals surface area contributed by atoms with Gasteiger partial charge in [0.15, 0.2) is 0 Å². The van der Waals surface area contributed by atoms with Crippen LogP contribution in [-0.2, 0) is 10.8 Å². The summed E-state index contributed by atoms with van der Waals surface area (Å²) >= 11 is 0. The molecule has 8 heteroatoms. The first-order valence-corrected chi connectivity index (χ1v) is 42.7. The Balaban J connectivity index is 0.665. The lowest BCUT2D eigenvalue weighted by molar-refractivity contribution is 0.589. The van der Waals surface area contributed by atoms with E-state index in [-0.39, 0.29) is 10.8 Å². The number of rotatable bonds is 12. The first-order valence-electron chi connectivity index (χ1n) is 42.7. The van der Waals surface area contributed by atoms with Crippen LogP contribution in [0.15, 0.2) is 364 Å². The second kappa shape index (κ2) is 27.3. The van der Waals surface area contributed by atoms with E-state index in [1.165, 1.54) is 154 Å². The molecule has 8 nitrogen and oxygen atoms in total. The second-order valence-electron chi connectivity index (χ2n) is 35.6. The van der Waals surface area contributed by atoms with Gasteiger partial charge in [0, 0.05) is 122 Å². The van der Waals surface area contributed by atoms with Crippen molar-refractivity contribution < 1.29 is 0 Å². The maximum Gasteiger partial charge on any atom is 0.0542 e. The molecule has 0 aliphatic heterocycles. The molecule has 6 aromatic heterocycles. The summed E-state index contributed by atoms with van der Waals surface area (Å²) < 4.78 is 14.7. The molecule has 0 unspecified atom stereocenters. The zero-order valence-electron chi connectivity index (χ0n) is 70.2. The Morgan fingerprint density at radius 2 is 0.336 bits per heavy atom. The first-order chi connectivity index (χ1) is 59.4. The van der Waals surface area contributed by atoms with E-state index in [0.29, 0.717) is 0 Å². The number of fused-ring (bicyclic) bond motifs is 18. The van der Waals surface area contributed by atoms with Gasteiger partial charge in [-0.3, -0.25) is 0 Å². The van der Waals surface area contributed by atoms with Gasteiger partial charge >= 0.3 is 0 Å². The summed E-state index contributed by atoms with van der Waals surface area (Å²) in [6.45, 7) is 23.1. The predicted octanol–water partition coefficient (Wildman–Crippen LogP) is 31.0. The maximum absolute atomic E-state index is 2.49. The number of para-hydroxylation sites is 8. The molecule has 0 amide bonds. The molecule has 0 atom stereocenters. The van der Waals surface area contributed by atoms with Gasteiger partial charge in [0.05, 0.1) is 77.6 Å². The molecular weight excluding hydrogens is 1480 g/mol. The van der Waals surface area contributed by atoms with Gasteiger partial charge in [0.2, 0.25) is 0 Å². The number of hydrogen-bond donors (Lipinski definition) is 0. The fraction of sp³-hybridized carbons (Fsp3) is 0.105. The highest BCUT2D eigenvalue weighted by Crippen LogP contribution is 2.49. The van der Waals surface area contributed by atoms with Crippen LogP contribution in [0, 0.1) is 27.7 Å². The Labute approximate surface area is 709 Å². The third-order valence-electron chi connectivity index (χ3n) is 26.1. The number of hydrogen-bond acceptors (Lipinski definition) is 2. The fourth-order valence-corrected chi connectivity index (χ4v) is 20.5. The molecular formula is C114H90N8. The Morgan fingerprint density at radius 3 is 0.533 bits per heavy atom. The van der Waals surface area contributed by atoms with Gasteiger partial charge in [-0.25, -0.2) is 0 Å². The summed E-state index contributed by atoms with van der Waals surface area (Å²) in [5.41, 5.74) is 34.6. The smallest absolute Gasteiger partial charge is 0.0542 e. The quantitative estimate of drug-likeness (QED) is 0.122. The molecule has 17 aromatic carbocycles. The average molecular weight is 1570 g/mol. The van der Waals surface area contributed by atoms with Gasteiger partial charge in [0.1, 0.15) is 0 Å². The second-order valence-corrected chi connectivity index (χ2v) is 35.6. The summed E-state index contributed by atoms with van der Waals surface area (Å²) in [7, 11) is 0. The first kappa shape index (κ1) is 72.4. The third kappa shape index (κ3) is 11.2. The molecule has 0 spiro atoms. The molecule has 6 heterocycles. The van der Waals surface area contributed by atoms with E-state index in [1.54, 1.807) is 0 Å². The SMILES string of the molecule is Cc1cc(C(C)(C)C)cc(C)c1N(c1ccc(N(c2ccc(-n3c4ccc(-n5c6ccccc6c6ccccc65)cc4c4cc(-n5c6ccccc6c6ccccc65)ccc43)cc2)c2c(C)cc(C(C)(C)C)cc2C)cc1)c1ccc(-n2c3ccc(-n4c5ccccc5c5ccccc54)cc3c3cc(-n4c5ccccc5c5ccccc54)ccc32)cc1. The normalized spacial score (nSPS) is 12.3. The van der Waals surface area contributed by atoms with Gasteiger partial charge in [-0.05, 0) is 266 Å². The summed E-state index contributed by atoms with van der Waals surface area (Å²) in [6, 6.07) is 136. The van der Waals surface area contributed by atoms with E-state index >= 15 is 0 Å². The largest absolute Gasteiger partial charge is 0.310 e. The number of nitrogens with zero attached hydrogens (tertiary/aromatic N) is 8. The number of aryl methyl sites for hydroxylation is 4. The van der Waals surface area contributed by atoms with Crippen molar-refractivity contribution >= 4 is 165 Å². The van der Waals surface area contributed by atoms with Crippen LogP contribution in [0.1, 0.15) is 74.9 Å². The lowest BCUT2D eigenvalue weighted by atomic mass is 9.84. The molecule has 0 saturated heterocycles. The van der Waals surface area contributed by atoms with Crippen LogP contribution in [0.2, 0.25) is 0 Å². The van der Waals surface area contributed by atoms with Crippen LogP contribution in [0.4, 0.5) is 34.1 Å². The van der Waals surface area contributed by atoms with Gasteiger partial charge < -0.3 is 37.2 Å². The molecule has 0 bridgehead atoms. The van der Waals surface area contributed by atoms with E-state index in [2.05, 4.69) is 470 Å². The van der Waals surface area contributed by atoms with Crippen molar-refractivity contribution in [2.24, 2.45) is 0 Å². The van der Waals surface area contributed by atoms with E-state index in [4.69, 9.17) is 0 Å². The van der Waals surface area contributed by atoms with E-state index in [1.807, 2.05) is 0 Å². The standard InChI is InChI=1S/C114H90N8/c1-71-63-75(113(5,6)7)64-72(2)111(71)115(79-47-51-81(52-48-79)117-107-59-55-83(119-99-35-19-11-27-87(99)88-28-12-20-36-100(88)119)67-95(107)96-68-84(56-60-108(96)117)120-101-37-21-13-29-89(101)90-30-14-22-38-102(90)120)77-43-45-78(46-44-77)116(112-73(3)65-76(66-74(112)4)114(8,9)10)80-49-53-82(54-50-80)118-109-61-57-85(121-103-39-23-15-31-91(103)92-32-16-24-40-104(92)121)69-97(109)98-70-86(58-62-110(98)118)122-105-41-25-17-33-93(105)94-34-18-26-42-106(94)122/h11-70H,1-10H3. The number of aromatic nitrogens is 6. The van der Waals surface area contributed by atoms with Crippen LogP contribution in [0.25, 0.3) is 165 Å². The molecule has 0 radical (unpaired) electrons. The minimum absolute atomic E-state index is 0.0517. The molecule has 0 fully saturated rings. The van der Waals surface area contributed by atoms with Crippen LogP contribution in [0.5, 0.6) is 0 Å². The number of anilines is 6. The monoisotopic (exact) mass is 1570 g/mol. The lowest BCUT2D eigenvalue weighted by Crippen LogP contribution is -2.17. The average Bonchev–Trinajstić information content (AvgIpc) is 1.56. The Bertz CT molecular complexity index is 7170. The molecule has 0 aliphatic rings. The number of benzene rings is 17. The van der Waals surface area contributed by atoms with Crippen molar-refractivity contribution in [2.45, 2.75) is 80.1 Å². The highest BCUT2D eigenvalue weighted by Gasteiger charge is 2.29.